The third-order valence-electron chi connectivity index (χ3n) is 13.7. The Morgan fingerprint density at radius 3 is 1.96 bits per heavy atom. The van der Waals surface area contributed by atoms with E-state index in [1.165, 1.54) is 13.8 Å². The lowest BCUT2D eigenvalue weighted by molar-refractivity contribution is -0.296. The highest BCUT2D eigenvalue weighted by Gasteiger charge is 2.51. The summed E-state index contributed by atoms with van der Waals surface area (Å²) in [5, 5.41) is 45.1. The summed E-state index contributed by atoms with van der Waals surface area (Å²) in [5.74, 6) is -5.01. The Balaban J connectivity index is 1.55. The Hall–Kier alpha value is -4.22. The van der Waals surface area contributed by atoms with Crippen LogP contribution in [0.15, 0.2) is 48.5 Å². The number of hydrogen-bond donors (Lipinski definition) is 4. The van der Waals surface area contributed by atoms with E-state index in [1.807, 2.05) is 62.0 Å². The van der Waals surface area contributed by atoms with Gasteiger partial charge < -0.3 is 53.9 Å². The number of aliphatic hydroxyl groups excluding tert-OH is 1. The fraction of sp³-hybridized carbons (Fsp3) is 0.654. The fourth-order valence-electron chi connectivity index (χ4n) is 9.86. The minimum atomic E-state index is -1.85. The summed E-state index contributed by atoms with van der Waals surface area (Å²) in [6.07, 6.45) is -4.82. The van der Waals surface area contributed by atoms with Crippen molar-refractivity contribution in [2.45, 2.75) is 174 Å². The molecule has 15 heteroatoms. The molecule has 4 rings (SSSR count). The molecule has 13 atom stereocenters. The zero-order valence-corrected chi connectivity index (χ0v) is 42.0. The number of Topliss-reactive ketones (excluding diaryl/α,β-unsaturated/α-hetero) is 1. The molecule has 15 nitrogen and oxygen atoms in total. The SMILES string of the molecule is CCC(=C(CC)c1ccc(OC(=O)CCC(=O)O[C@@H]2C(N(C)C)C[C@@H](C)O[C@H]2O[C@@H]2[C@@H](C)C(=O)[C@@H](C)C(=O)O[C@H](CC)[C@@](C)(O)[C@H](O)[C@@H](C)N(C)C[C@H](C)C[C@@]2(C)O)cc1)c1ccc(O)cc1. The number of carbonyl (C=O) groups excluding carboxylic acids is 4. The number of nitrogens with zero attached hydrogens (tertiary/aromatic N) is 2. The van der Waals surface area contributed by atoms with E-state index in [9.17, 15) is 39.6 Å². The van der Waals surface area contributed by atoms with Crippen molar-refractivity contribution in [2.75, 3.05) is 27.7 Å². The van der Waals surface area contributed by atoms with Gasteiger partial charge in [0.15, 0.2) is 18.2 Å². The Labute approximate surface area is 397 Å². The second kappa shape index (κ2) is 23.9. The van der Waals surface area contributed by atoms with Crippen molar-refractivity contribution in [1.82, 2.24) is 9.80 Å². The Kier molecular flexibility index (Phi) is 19.7. The number of phenols is 1. The van der Waals surface area contributed by atoms with E-state index in [1.54, 1.807) is 59.0 Å². The van der Waals surface area contributed by atoms with Gasteiger partial charge in [-0.2, -0.15) is 0 Å². The summed E-state index contributed by atoms with van der Waals surface area (Å²) in [4.78, 5) is 58.4. The Bertz CT molecular complexity index is 2000. The number of allylic oxidation sites excluding steroid dienone is 2. The van der Waals surface area contributed by atoms with Gasteiger partial charge in [-0.15, -0.1) is 0 Å². The lowest BCUT2D eigenvalue weighted by Crippen LogP contribution is -2.60. The molecule has 1 unspecified atom stereocenters. The third kappa shape index (κ3) is 14.0. The molecule has 2 aliphatic rings. The molecule has 374 valence electrons. The number of ketones is 1. The molecule has 2 heterocycles. The lowest BCUT2D eigenvalue weighted by atomic mass is 9.78. The Morgan fingerprint density at radius 2 is 1.42 bits per heavy atom. The van der Waals surface area contributed by atoms with Crippen LogP contribution in [0.2, 0.25) is 0 Å². The predicted octanol–water partition coefficient (Wildman–Crippen LogP) is 6.56. The second-order valence-corrected chi connectivity index (χ2v) is 19.6. The number of esters is 3. The van der Waals surface area contributed by atoms with Crippen LogP contribution in [-0.4, -0.2) is 142 Å². The number of hydrogen-bond acceptors (Lipinski definition) is 15. The topological polar surface area (TPSA) is 202 Å². The first-order valence-corrected chi connectivity index (χ1v) is 23.9. The molecular weight excluding hydrogens is 861 g/mol. The minimum absolute atomic E-state index is 0.111. The molecule has 0 amide bonds. The van der Waals surface area contributed by atoms with E-state index in [4.69, 9.17) is 23.7 Å². The average molecular weight is 939 g/mol. The maximum atomic E-state index is 14.3. The third-order valence-corrected chi connectivity index (χ3v) is 13.7. The molecule has 2 aliphatic heterocycles. The average Bonchev–Trinajstić information content (AvgIpc) is 3.27. The first-order valence-electron chi connectivity index (χ1n) is 23.9. The zero-order chi connectivity index (χ0) is 50.1. The van der Waals surface area contributed by atoms with Gasteiger partial charge in [0.25, 0.3) is 0 Å². The lowest BCUT2D eigenvalue weighted by Gasteiger charge is -2.46. The summed E-state index contributed by atoms with van der Waals surface area (Å²) in [7, 11) is 5.45. The van der Waals surface area contributed by atoms with E-state index in [-0.39, 0.29) is 37.4 Å². The molecule has 0 aromatic heterocycles. The minimum Gasteiger partial charge on any atom is -0.508 e. The van der Waals surface area contributed by atoms with Gasteiger partial charge in [0.05, 0.1) is 36.7 Å². The number of aromatic hydroxyl groups is 1. The summed E-state index contributed by atoms with van der Waals surface area (Å²) in [6, 6.07) is 13.3. The summed E-state index contributed by atoms with van der Waals surface area (Å²) in [6.45, 7) is 17.7. The fourth-order valence-corrected chi connectivity index (χ4v) is 9.86. The van der Waals surface area contributed by atoms with Gasteiger partial charge in [0.1, 0.15) is 35.2 Å². The number of benzene rings is 2. The van der Waals surface area contributed by atoms with Crippen molar-refractivity contribution >= 4 is 34.8 Å². The predicted molar refractivity (Wildman–Crippen MR) is 255 cm³/mol. The van der Waals surface area contributed by atoms with E-state index < -0.39 is 95.6 Å². The molecule has 2 fully saturated rings. The molecule has 2 aromatic rings. The number of ether oxygens (including phenoxy) is 5. The largest absolute Gasteiger partial charge is 0.508 e. The van der Waals surface area contributed by atoms with Gasteiger partial charge in [-0.25, -0.2) is 0 Å². The van der Waals surface area contributed by atoms with Crippen LogP contribution in [0.1, 0.15) is 125 Å². The molecule has 0 aliphatic carbocycles. The number of phenolic OH excluding ortho intramolecular Hbond substituents is 1. The van der Waals surface area contributed by atoms with Crippen molar-refractivity contribution in [3.8, 4) is 11.5 Å². The second-order valence-electron chi connectivity index (χ2n) is 19.6. The first-order chi connectivity index (χ1) is 31.4. The molecule has 0 spiro atoms. The maximum absolute atomic E-state index is 14.3. The first kappa shape index (κ1) is 55.4. The number of aliphatic hydroxyl groups is 3. The van der Waals surface area contributed by atoms with Crippen molar-refractivity contribution in [2.24, 2.45) is 17.8 Å². The van der Waals surface area contributed by atoms with Gasteiger partial charge in [0, 0.05) is 18.5 Å². The highest BCUT2D eigenvalue weighted by atomic mass is 16.7. The number of cyclic esters (lactones) is 1. The quantitative estimate of drug-likeness (QED) is 0.0728. The number of likely N-dealkylation sites (N-methyl/N-ethyl adjacent to an activating group) is 2. The summed E-state index contributed by atoms with van der Waals surface area (Å²) in [5.41, 5.74) is 0.696. The van der Waals surface area contributed by atoms with Gasteiger partial charge >= 0.3 is 17.9 Å². The van der Waals surface area contributed by atoms with Crippen LogP contribution in [0.25, 0.3) is 11.1 Å². The van der Waals surface area contributed by atoms with Crippen molar-refractivity contribution < 1.29 is 63.3 Å². The highest BCUT2D eigenvalue weighted by Crippen LogP contribution is 2.37. The van der Waals surface area contributed by atoms with Gasteiger partial charge in [-0.1, -0.05) is 58.9 Å². The molecule has 4 N–H and O–H groups in total. The molecule has 67 heavy (non-hydrogen) atoms. The molecule has 2 aromatic carbocycles. The van der Waals surface area contributed by atoms with E-state index in [2.05, 4.69) is 13.8 Å². The van der Waals surface area contributed by atoms with E-state index >= 15 is 0 Å². The standard InChI is InChI=1S/C52H78N2O13/c1-14-39(35-17-21-37(55)22-18-35)40(15-2)36-19-23-38(24-20-36)64-43(56)25-26-44(57)66-46-41(53(11)12)27-31(5)63-50(46)67-48-32(6)45(58)33(7)49(60)65-42(16-3)52(10,62)47(59)34(8)54(13)29-30(4)28-51(48,9)61/h17-24,30-34,41-42,46-48,50,55,59,61-62H,14-16,25-29H2,1-13H3/t30-,31-,32+,33-,34-,41?,42-,46-,47-,48-,50+,51-,52-/m1/s1. The molecular formula is C52H78N2O13. The molecule has 2 saturated heterocycles. The Morgan fingerprint density at radius 1 is 0.866 bits per heavy atom. The highest BCUT2D eigenvalue weighted by molar-refractivity contribution is 6.00. The smallest absolute Gasteiger partial charge is 0.316 e. The van der Waals surface area contributed by atoms with Gasteiger partial charge in [-0.05, 0) is 140 Å². The number of carbonyl (C=O) groups is 4. The van der Waals surface area contributed by atoms with Crippen LogP contribution in [-0.2, 0) is 38.1 Å². The van der Waals surface area contributed by atoms with Crippen LogP contribution in [0.4, 0.5) is 0 Å². The van der Waals surface area contributed by atoms with Crippen molar-refractivity contribution in [3.05, 3.63) is 59.7 Å². The van der Waals surface area contributed by atoms with Crippen molar-refractivity contribution in [3.63, 3.8) is 0 Å². The van der Waals surface area contributed by atoms with Crippen LogP contribution in [0, 0.1) is 17.8 Å². The summed E-state index contributed by atoms with van der Waals surface area (Å²) < 4.78 is 30.5. The van der Waals surface area contributed by atoms with Crippen LogP contribution >= 0.6 is 0 Å². The van der Waals surface area contributed by atoms with Gasteiger partial charge in [-0.3, -0.25) is 19.2 Å². The number of rotatable bonds is 13. The molecule has 0 radical (unpaired) electrons. The van der Waals surface area contributed by atoms with Gasteiger partial charge in [0.2, 0.25) is 0 Å². The van der Waals surface area contributed by atoms with E-state index in [0.717, 1.165) is 35.1 Å². The molecule has 0 bridgehead atoms. The van der Waals surface area contributed by atoms with E-state index in [0.29, 0.717) is 18.7 Å². The maximum Gasteiger partial charge on any atom is 0.316 e. The molecule has 0 saturated carbocycles. The van der Waals surface area contributed by atoms with Crippen LogP contribution in [0.3, 0.4) is 0 Å². The van der Waals surface area contributed by atoms with Crippen LogP contribution in [0.5, 0.6) is 11.5 Å². The van der Waals surface area contributed by atoms with Crippen molar-refractivity contribution in [1.29, 1.82) is 0 Å². The zero-order valence-electron chi connectivity index (χ0n) is 42.0. The monoisotopic (exact) mass is 939 g/mol. The normalized spacial score (nSPS) is 33.2. The summed E-state index contributed by atoms with van der Waals surface area (Å²) >= 11 is 0. The van der Waals surface area contributed by atoms with Crippen LogP contribution < -0.4 is 4.74 Å².